The van der Waals surface area contributed by atoms with Crippen molar-refractivity contribution >= 4 is 17.2 Å². The van der Waals surface area contributed by atoms with Gasteiger partial charge < -0.3 is 10.4 Å². The van der Waals surface area contributed by atoms with Crippen molar-refractivity contribution in [3.05, 3.63) is 47.6 Å². The molecule has 1 fully saturated rings. The quantitative estimate of drug-likeness (QED) is 0.732. The molecule has 7 nitrogen and oxygen atoms in total. The monoisotopic (exact) mass is 346 g/mol. The largest absolute Gasteiger partial charge is 0.391 e. The zero-order chi connectivity index (χ0) is 16.5. The molecule has 0 aliphatic heterocycles. The number of aliphatic hydroxyl groups is 1. The number of rotatable bonds is 5. The van der Waals surface area contributed by atoms with Crippen LogP contribution in [-0.2, 0) is 13.1 Å². The third kappa shape index (κ3) is 3.28. The summed E-state index contributed by atoms with van der Waals surface area (Å²) in [6, 6.07) is 1.94. The predicted molar refractivity (Wildman–Crippen MR) is 89.6 cm³/mol. The highest BCUT2D eigenvalue weighted by Gasteiger charge is 2.32. The van der Waals surface area contributed by atoms with Crippen LogP contribution < -0.4 is 5.32 Å². The molecule has 1 aliphatic carbocycles. The second-order valence-electron chi connectivity index (χ2n) is 6.37. The van der Waals surface area contributed by atoms with Gasteiger partial charge in [-0.05, 0) is 18.8 Å². The third-order valence-electron chi connectivity index (χ3n) is 4.54. The Bertz CT molecular complexity index is 831. The Kier molecular flexibility index (Phi) is 4.22. The van der Waals surface area contributed by atoms with E-state index in [1.54, 1.807) is 16.9 Å². The predicted octanol–water partition coefficient (Wildman–Crippen LogP) is 1.51. The minimum absolute atomic E-state index is 0.0781. The van der Waals surface area contributed by atoms with Gasteiger partial charge in [-0.15, -0.1) is 0 Å². The summed E-state index contributed by atoms with van der Waals surface area (Å²) in [5, 5.41) is 22.8. The highest BCUT2D eigenvalue weighted by atomic mass is 35.5. The first-order chi connectivity index (χ1) is 11.7. The van der Waals surface area contributed by atoms with E-state index in [0.29, 0.717) is 17.5 Å². The van der Waals surface area contributed by atoms with Crippen molar-refractivity contribution in [1.29, 1.82) is 0 Å². The van der Waals surface area contributed by atoms with Gasteiger partial charge >= 0.3 is 0 Å². The van der Waals surface area contributed by atoms with Gasteiger partial charge in [0.1, 0.15) is 0 Å². The zero-order valence-electron chi connectivity index (χ0n) is 13.1. The summed E-state index contributed by atoms with van der Waals surface area (Å²) in [5.41, 5.74) is 1.87. The van der Waals surface area contributed by atoms with E-state index in [1.165, 1.54) is 0 Å². The lowest BCUT2D eigenvalue weighted by Crippen LogP contribution is -2.35. The van der Waals surface area contributed by atoms with Crippen LogP contribution in [0, 0.1) is 5.92 Å². The van der Waals surface area contributed by atoms with Gasteiger partial charge in [0.05, 0.1) is 23.5 Å². The number of halogens is 1. The van der Waals surface area contributed by atoms with E-state index in [-0.39, 0.29) is 12.1 Å². The Morgan fingerprint density at radius 1 is 1.25 bits per heavy atom. The molecule has 126 valence electrons. The molecule has 3 aromatic rings. The Morgan fingerprint density at radius 2 is 2.17 bits per heavy atom. The van der Waals surface area contributed by atoms with Gasteiger partial charge in [0.2, 0.25) is 0 Å². The topological polar surface area (TPSA) is 80.3 Å². The van der Waals surface area contributed by atoms with E-state index in [9.17, 15) is 5.11 Å². The SMILES string of the molecule is O[C@@H]1CC(Cn2cc(Cl)cn2)C[C@H]1NCc1cnc2ccnn2c1. The number of hydrogen-bond acceptors (Lipinski definition) is 5. The standard InChI is InChI=1S/C16H19ClN6O/c17-13-7-21-22(10-13)8-11-3-14(15(24)4-11)18-5-12-6-19-16-1-2-20-23(16)9-12/h1-2,6-7,9-11,14-15,18,24H,3-5,8H2/t11?,14-,15-/m1/s1. The second kappa shape index (κ2) is 6.51. The van der Waals surface area contributed by atoms with E-state index in [4.69, 9.17) is 11.6 Å². The van der Waals surface area contributed by atoms with Crippen LogP contribution in [-0.4, -0.2) is 41.6 Å². The minimum atomic E-state index is -0.345. The fourth-order valence-corrected chi connectivity index (χ4v) is 3.53. The average Bonchev–Trinajstić information content (AvgIpc) is 3.26. The molecule has 3 aromatic heterocycles. The van der Waals surface area contributed by atoms with Gasteiger partial charge in [0.25, 0.3) is 0 Å². The van der Waals surface area contributed by atoms with E-state index >= 15 is 0 Å². The molecule has 1 aliphatic rings. The zero-order valence-corrected chi connectivity index (χ0v) is 13.8. The molecule has 24 heavy (non-hydrogen) atoms. The Balaban J connectivity index is 1.34. The highest BCUT2D eigenvalue weighted by molar-refractivity contribution is 6.30. The molecule has 0 spiro atoms. The Labute approximate surface area is 144 Å². The molecule has 0 amide bonds. The molecule has 0 aromatic carbocycles. The summed E-state index contributed by atoms with van der Waals surface area (Å²) >= 11 is 5.90. The molecular formula is C16H19ClN6O. The number of hydrogen-bond donors (Lipinski definition) is 2. The van der Waals surface area contributed by atoms with Crippen molar-refractivity contribution in [2.45, 2.75) is 38.1 Å². The normalized spacial score (nSPS) is 24.0. The average molecular weight is 347 g/mol. The number of nitrogens with one attached hydrogen (secondary N) is 1. The van der Waals surface area contributed by atoms with Crippen LogP contribution in [0.3, 0.4) is 0 Å². The third-order valence-corrected chi connectivity index (χ3v) is 4.74. The Hall–Kier alpha value is -1.96. The summed E-state index contributed by atoms with van der Waals surface area (Å²) < 4.78 is 3.60. The first-order valence-corrected chi connectivity index (χ1v) is 8.43. The lowest BCUT2D eigenvalue weighted by Gasteiger charge is -2.16. The number of aliphatic hydroxyl groups excluding tert-OH is 1. The molecule has 8 heteroatoms. The minimum Gasteiger partial charge on any atom is -0.391 e. The maximum Gasteiger partial charge on any atom is 0.154 e. The van der Waals surface area contributed by atoms with Gasteiger partial charge in [0, 0.05) is 49.4 Å². The molecule has 4 rings (SSSR count). The van der Waals surface area contributed by atoms with Gasteiger partial charge in [-0.25, -0.2) is 9.50 Å². The second-order valence-corrected chi connectivity index (χ2v) is 6.81. The molecule has 3 atom stereocenters. The molecule has 3 heterocycles. The van der Waals surface area contributed by atoms with Crippen LogP contribution in [0.2, 0.25) is 5.02 Å². The molecule has 2 N–H and O–H groups in total. The van der Waals surface area contributed by atoms with Crippen LogP contribution in [0.4, 0.5) is 0 Å². The lowest BCUT2D eigenvalue weighted by atomic mass is 10.1. The van der Waals surface area contributed by atoms with Crippen LogP contribution in [0.1, 0.15) is 18.4 Å². The number of nitrogens with zero attached hydrogens (tertiary/aromatic N) is 5. The number of aromatic nitrogens is 5. The van der Waals surface area contributed by atoms with Crippen LogP contribution >= 0.6 is 11.6 Å². The van der Waals surface area contributed by atoms with Crippen LogP contribution in [0.5, 0.6) is 0 Å². The fourth-order valence-electron chi connectivity index (χ4n) is 3.38. The van der Waals surface area contributed by atoms with Crippen LogP contribution in [0.15, 0.2) is 37.1 Å². The van der Waals surface area contributed by atoms with Crippen molar-refractivity contribution in [3.63, 3.8) is 0 Å². The Morgan fingerprint density at radius 3 is 3.00 bits per heavy atom. The highest BCUT2D eigenvalue weighted by Crippen LogP contribution is 2.28. The first kappa shape index (κ1) is 15.6. The van der Waals surface area contributed by atoms with Crippen molar-refractivity contribution in [3.8, 4) is 0 Å². The first-order valence-electron chi connectivity index (χ1n) is 8.05. The van der Waals surface area contributed by atoms with Crippen molar-refractivity contribution in [1.82, 2.24) is 29.7 Å². The molecule has 0 bridgehead atoms. The van der Waals surface area contributed by atoms with Gasteiger partial charge in [-0.2, -0.15) is 10.2 Å². The van der Waals surface area contributed by atoms with Crippen molar-refractivity contribution in [2.75, 3.05) is 0 Å². The summed E-state index contributed by atoms with van der Waals surface area (Å²) in [6.45, 7) is 1.44. The fraction of sp³-hybridized carbons (Fsp3) is 0.438. The molecular weight excluding hydrogens is 328 g/mol. The maximum atomic E-state index is 10.3. The maximum absolute atomic E-state index is 10.3. The van der Waals surface area contributed by atoms with E-state index < -0.39 is 0 Å². The molecule has 1 unspecified atom stereocenters. The summed E-state index contributed by atoms with van der Waals surface area (Å²) in [5.74, 6) is 0.389. The van der Waals surface area contributed by atoms with Gasteiger partial charge in [0.15, 0.2) is 5.65 Å². The van der Waals surface area contributed by atoms with E-state index in [1.807, 2.05) is 29.3 Å². The smallest absolute Gasteiger partial charge is 0.154 e. The van der Waals surface area contributed by atoms with Crippen LogP contribution in [0.25, 0.3) is 5.65 Å². The van der Waals surface area contributed by atoms with E-state index in [0.717, 1.165) is 30.6 Å². The van der Waals surface area contributed by atoms with Crippen molar-refractivity contribution in [2.24, 2.45) is 5.92 Å². The van der Waals surface area contributed by atoms with Crippen molar-refractivity contribution < 1.29 is 5.11 Å². The summed E-state index contributed by atoms with van der Waals surface area (Å²) in [4.78, 5) is 4.35. The molecule has 0 saturated heterocycles. The summed E-state index contributed by atoms with van der Waals surface area (Å²) in [6.07, 6.45) is 10.3. The molecule has 0 radical (unpaired) electrons. The van der Waals surface area contributed by atoms with Gasteiger partial charge in [-0.3, -0.25) is 4.68 Å². The van der Waals surface area contributed by atoms with Gasteiger partial charge in [-0.1, -0.05) is 11.6 Å². The van der Waals surface area contributed by atoms with E-state index in [2.05, 4.69) is 20.5 Å². The molecule has 1 saturated carbocycles. The lowest BCUT2D eigenvalue weighted by molar-refractivity contribution is 0.145. The number of fused-ring (bicyclic) bond motifs is 1. The summed E-state index contributed by atoms with van der Waals surface area (Å²) in [7, 11) is 0.